The molecule has 1 saturated heterocycles. The summed E-state index contributed by atoms with van der Waals surface area (Å²) in [4.78, 5) is 18.2. The van der Waals surface area contributed by atoms with Crippen LogP contribution in [0, 0.1) is 0 Å². The number of benzene rings is 1. The molecule has 1 amide bonds. The number of rotatable bonds is 8. The lowest BCUT2D eigenvalue weighted by molar-refractivity contribution is -0.120. The molecule has 26 heavy (non-hydrogen) atoms. The Labute approximate surface area is 154 Å². The monoisotopic (exact) mass is 363 g/mol. The van der Waals surface area contributed by atoms with E-state index in [2.05, 4.69) is 31.9 Å². The van der Waals surface area contributed by atoms with Crippen molar-refractivity contribution in [1.29, 1.82) is 0 Å². The maximum absolute atomic E-state index is 11.7. The molecule has 0 radical (unpaired) electrons. The number of nitrogens with zero attached hydrogens (tertiary/aromatic N) is 2. The molecule has 0 aliphatic carbocycles. The minimum Gasteiger partial charge on any atom is -0.495 e. The van der Waals surface area contributed by atoms with E-state index < -0.39 is 0 Å². The number of carbonyl (C=O) groups excluding carboxylic acids is 1. The predicted molar refractivity (Wildman–Crippen MR) is 103 cm³/mol. The molecule has 0 aromatic heterocycles. The highest BCUT2D eigenvalue weighted by atomic mass is 16.5. The minimum atomic E-state index is -0.0907. The van der Waals surface area contributed by atoms with Crippen molar-refractivity contribution >= 4 is 17.6 Å². The standard InChI is InChI=1S/C18H29N5O3/c1-19-18(21-12-17(24)20-9-11-25-2)22-14-8-10-23(13-14)15-6-4-5-7-16(15)26-3/h4-7,14H,8-13H2,1-3H3,(H,20,24)(H2,19,21,22). The molecule has 1 aromatic carbocycles. The Morgan fingerprint density at radius 2 is 2.12 bits per heavy atom. The minimum absolute atomic E-state index is 0.0907. The molecular formula is C18H29N5O3. The molecular weight excluding hydrogens is 334 g/mol. The van der Waals surface area contributed by atoms with Gasteiger partial charge in [-0.2, -0.15) is 0 Å². The second kappa shape index (κ2) is 10.5. The fourth-order valence-corrected chi connectivity index (χ4v) is 2.89. The summed E-state index contributed by atoms with van der Waals surface area (Å²) in [6.45, 7) is 2.96. The van der Waals surface area contributed by atoms with Crippen LogP contribution in [-0.2, 0) is 9.53 Å². The molecule has 1 aliphatic rings. The van der Waals surface area contributed by atoms with E-state index in [9.17, 15) is 4.79 Å². The van der Waals surface area contributed by atoms with E-state index in [-0.39, 0.29) is 18.5 Å². The normalized spacial score (nSPS) is 17.1. The first kappa shape index (κ1) is 19.8. The Hall–Kier alpha value is -2.48. The highest BCUT2D eigenvalue weighted by molar-refractivity contribution is 5.86. The number of methoxy groups -OCH3 is 2. The summed E-state index contributed by atoms with van der Waals surface area (Å²) in [5.41, 5.74) is 1.10. The quantitative estimate of drug-likeness (QED) is 0.348. The van der Waals surface area contributed by atoms with Crippen molar-refractivity contribution in [2.45, 2.75) is 12.5 Å². The fourth-order valence-electron chi connectivity index (χ4n) is 2.89. The lowest BCUT2D eigenvalue weighted by Crippen LogP contribution is -2.47. The number of carbonyl (C=O) groups is 1. The van der Waals surface area contributed by atoms with E-state index >= 15 is 0 Å². The van der Waals surface area contributed by atoms with Crippen LogP contribution >= 0.6 is 0 Å². The second-order valence-electron chi connectivity index (χ2n) is 6.02. The molecule has 144 valence electrons. The molecule has 1 unspecified atom stereocenters. The third-order valence-electron chi connectivity index (χ3n) is 4.22. The summed E-state index contributed by atoms with van der Waals surface area (Å²) in [5, 5.41) is 9.19. The highest BCUT2D eigenvalue weighted by Gasteiger charge is 2.25. The van der Waals surface area contributed by atoms with Crippen LogP contribution < -0.4 is 25.6 Å². The van der Waals surface area contributed by atoms with Crippen LogP contribution in [0.25, 0.3) is 0 Å². The average molecular weight is 363 g/mol. The van der Waals surface area contributed by atoms with E-state index in [4.69, 9.17) is 9.47 Å². The molecule has 3 N–H and O–H groups in total. The van der Waals surface area contributed by atoms with Gasteiger partial charge in [0.05, 0.1) is 25.9 Å². The van der Waals surface area contributed by atoms with Gasteiger partial charge in [-0.3, -0.25) is 9.79 Å². The van der Waals surface area contributed by atoms with Crippen molar-refractivity contribution in [2.24, 2.45) is 4.99 Å². The lowest BCUT2D eigenvalue weighted by atomic mass is 10.2. The summed E-state index contributed by atoms with van der Waals surface area (Å²) in [6.07, 6.45) is 0.985. The van der Waals surface area contributed by atoms with E-state index in [1.54, 1.807) is 21.3 Å². The van der Waals surface area contributed by atoms with Gasteiger partial charge < -0.3 is 30.3 Å². The maximum Gasteiger partial charge on any atom is 0.239 e. The Balaban J connectivity index is 1.80. The molecule has 1 fully saturated rings. The van der Waals surface area contributed by atoms with Gasteiger partial charge in [0, 0.05) is 39.8 Å². The van der Waals surface area contributed by atoms with Crippen molar-refractivity contribution in [3.63, 3.8) is 0 Å². The fraction of sp³-hybridized carbons (Fsp3) is 0.556. The summed E-state index contributed by atoms with van der Waals surface area (Å²) in [7, 11) is 4.99. The molecule has 1 aromatic rings. The Bertz CT molecular complexity index is 608. The molecule has 8 heteroatoms. The van der Waals surface area contributed by atoms with Crippen molar-refractivity contribution in [3.05, 3.63) is 24.3 Å². The van der Waals surface area contributed by atoms with Crippen LogP contribution in [0.4, 0.5) is 5.69 Å². The molecule has 1 atom stereocenters. The van der Waals surface area contributed by atoms with Crippen LogP contribution in [0.5, 0.6) is 5.75 Å². The molecule has 0 saturated carbocycles. The number of nitrogens with one attached hydrogen (secondary N) is 3. The van der Waals surface area contributed by atoms with Crippen LogP contribution in [-0.4, -0.2) is 72.0 Å². The average Bonchev–Trinajstić information content (AvgIpc) is 3.13. The number of para-hydroxylation sites is 2. The number of aliphatic imine (C=N–C) groups is 1. The van der Waals surface area contributed by atoms with E-state index in [1.165, 1.54) is 0 Å². The summed E-state index contributed by atoms with van der Waals surface area (Å²) in [6, 6.07) is 8.28. The zero-order valence-electron chi connectivity index (χ0n) is 15.7. The topological polar surface area (TPSA) is 87.2 Å². The van der Waals surface area contributed by atoms with E-state index in [0.717, 1.165) is 30.9 Å². The van der Waals surface area contributed by atoms with E-state index in [1.807, 2.05) is 18.2 Å². The summed E-state index contributed by atoms with van der Waals surface area (Å²) < 4.78 is 10.4. The van der Waals surface area contributed by atoms with Gasteiger partial charge in [-0.25, -0.2) is 0 Å². The smallest absolute Gasteiger partial charge is 0.239 e. The first-order chi connectivity index (χ1) is 12.7. The molecule has 1 aliphatic heterocycles. The van der Waals surface area contributed by atoms with Gasteiger partial charge in [0.15, 0.2) is 5.96 Å². The third-order valence-corrected chi connectivity index (χ3v) is 4.22. The third kappa shape index (κ3) is 5.80. The van der Waals surface area contributed by atoms with Gasteiger partial charge in [0.2, 0.25) is 5.91 Å². The molecule has 8 nitrogen and oxygen atoms in total. The number of hydrogen-bond donors (Lipinski definition) is 3. The zero-order valence-corrected chi connectivity index (χ0v) is 15.7. The first-order valence-corrected chi connectivity index (χ1v) is 8.78. The number of anilines is 1. The van der Waals surface area contributed by atoms with Crippen LogP contribution in [0.3, 0.4) is 0 Å². The Morgan fingerprint density at radius 3 is 2.85 bits per heavy atom. The second-order valence-corrected chi connectivity index (χ2v) is 6.02. The Kier molecular flexibility index (Phi) is 8.01. The van der Waals surface area contributed by atoms with Gasteiger partial charge in [-0.15, -0.1) is 0 Å². The Morgan fingerprint density at radius 1 is 1.31 bits per heavy atom. The van der Waals surface area contributed by atoms with Gasteiger partial charge in [0.25, 0.3) is 0 Å². The van der Waals surface area contributed by atoms with Crippen LogP contribution in [0.15, 0.2) is 29.3 Å². The zero-order chi connectivity index (χ0) is 18.8. The number of hydrogen-bond acceptors (Lipinski definition) is 5. The van der Waals surface area contributed by atoms with Crippen molar-refractivity contribution in [1.82, 2.24) is 16.0 Å². The maximum atomic E-state index is 11.7. The van der Waals surface area contributed by atoms with Crippen molar-refractivity contribution in [2.75, 3.05) is 59.0 Å². The van der Waals surface area contributed by atoms with Crippen molar-refractivity contribution in [3.8, 4) is 5.75 Å². The molecule has 1 heterocycles. The van der Waals surface area contributed by atoms with Gasteiger partial charge in [0.1, 0.15) is 5.75 Å². The SMILES string of the molecule is CN=C(NCC(=O)NCCOC)NC1CCN(c2ccccc2OC)C1. The van der Waals surface area contributed by atoms with Crippen LogP contribution in [0.1, 0.15) is 6.42 Å². The first-order valence-electron chi connectivity index (χ1n) is 8.78. The molecule has 0 bridgehead atoms. The number of guanidine groups is 1. The van der Waals surface area contributed by atoms with E-state index in [0.29, 0.717) is 19.1 Å². The van der Waals surface area contributed by atoms with Gasteiger partial charge in [-0.05, 0) is 18.6 Å². The number of ether oxygens (including phenoxy) is 2. The van der Waals surface area contributed by atoms with Crippen LogP contribution in [0.2, 0.25) is 0 Å². The lowest BCUT2D eigenvalue weighted by Gasteiger charge is -2.22. The molecule has 2 rings (SSSR count). The largest absolute Gasteiger partial charge is 0.495 e. The van der Waals surface area contributed by atoms with Gasteiger partial charge in [-0.1, -0.05) is 12.1 Å². The predicted octanol–water partition coefficient (Wildman–Crippen LogP) is 0.202. The summed E-state index contributed by atoms with van der Waals surface area (Å²) in [5.74, 6) is 1.41. The van der Waals surface area contributed by atoms with Gasteiger partial charge >= 0.3 is 0 Å². The molecule has 0 spiro atoms. The summed E-state index contributed by atoms with van der Waals surface area (Å²) >= 11 is 0. The van der Waals surface area contributed by atoms with Crippen molar-refractivity contribution < 1.29 is 14.3 Å². The highest BCUT2D eigenvalue weighted by Crippen LogP contribution is 2.30. The number of amides is 1.